The highest BCUT2D eigenvalue weighted by Crippen LogP contribution is 2.20. The first-order valence-corrected chi connectivity index (χ1v) is 6.58. The summed E-state index contributed by atoms with van der Waals surface area (Å²) >= 11 is 0. The molecule has 2 aromatic rings. The maximum absolute atomic E-state index is 4.21. The number of piperidine rings is 1. The first-order chi connectivity index (χ1) is 8.93. The molecule has 2 N–H and O–H groups in total. The summed E-state index contributed by atoms with van der Waals surface area (Å²) in [6.45, 7) is 3.26. The van der Waals surface area contributed by atoms with E-state index in [1.165, 1.54) is 12.8 Å². The third-order valence-corrected chi connectivity index (χ3v) is 3.59. The highest BCUT2D eigenvalue weighted by molar-refractivity contribution is 5.90. The predicted octanol–water partition coefficient (Wildman–Crippen LogP) is 2.04. The minimum atomic E-state index is 0.743. The van der Waals surface area contributed by atoms with Crippen LogP contribution in [-0.2, 0) is 0 Å². The van der Waals surface area contributed by atoms with Crippen molar-refractivity contribution >= 4 is 16.6 Å². The quantitative estimate of drug-likeness (QED) is 0.865. The van der Waals surface area contributed by atoms with E-state index in [0.29, 0.717) is 0 Å². The Bertz CT molecular complexity index is 515. The minimum Gasteiger partial charge on any atom is -0.368 e. The third kappa shape index (κ3) is 2.43. The lowest BCUT2D eigenvalue weighted by molar-refractivity contribution is 0.389. The van der Waals surface area contributed by atoms with Gasteiger partial charge in [0.2, 0.25) is 0 Å². The van der Waals surface area contributed by atoms with Gasteiger partial charge >= 0.3 is 0 Å². The van der Waals surface area contributed by atoms with Gasteiger partial charge in [0.15, 0.2) is 5.82 Å². The van der Waals surface area contributed by atoms with Crippen molar-refractivity contribution < 1.29 is 0 Å². The summed E-state index contributed by atoms with van der Waals surface area (Å²) in [7, 11) is 0. The van der Waals surface area contributed by atoms with E-state index in [0.717, 1.165) is 42.1 Å². The molecule has 0 bridgehead atoms. The molecule has 0 unspecified atom stereocenters. The number of benzene rings is 1. The number of anilines is 1. The predicted molar refractivity (Wildman–Crippen MR) is 73.6 cm³/mol. The van der Waals surface area contributed by atoms with E-state index in [1.54, 1.807) is 0 Å². The molecule has 1 aromatic heterocycles. The van der Waals surface area contributed by atoms with Gasteiger partial charge in [-0.3, -0.25) is 0 Å². The molecule has 4 nitrogen and oxygen atoms in total. The van der Waals surface area contributed by atoms with Gasteiger partial charge in [-0.15, -0.1) is 5.10 Å². The Hall–Kier alpha value is -1.68. The van der Waals surface area contributed by atoms with Crippen LogP contribution < -0.4 is 10.6 Å². The second-order valence-corrected chi connectivity index (χ2v) is 4.85. The molecule has 0 radical (unpaired) electrons. The lowest BCUT2D eigenvalue weighted by atomic mass is 9.98. The molecule has 4 heteroatoms. The number of hydrogen-bond acceptors (Lipinski definition) is 4. The van der Waals surface area contributed by atoms with Crippen LogP contribution in [0.5, 0.6) is 0 Å². The summed E-state index contributed by atoms with van der Waals surface area (Å²) in [5.74, 6) is 1.65. The first-order valence-electron chi connectivity index (χ1n) is 6.58. The van der Waals surface area contributed by atoms with Crippen molar-refractivity contribution in [1.29, 1.82) is 0 Å². The van der Waals surface area contributed by atoms with Crippen LogP contribution >= 0.6 is 0 Å². The van der Waals surface area contributed by atoms with Crippen LogP contribution in [0.25, 0.3) is 10.8 Å². The molecule has 0 amide bonds. The van der Waals surface area contributed by atoms with Gasteiger partial charge in [0.25, 0.3) is 0 Å². The highest BCUT2D eigenvalue weighted by atomic mass is 15.2. The number of aromatic nitrogens is 2. The number of rotatable bonds is 3. The monoisotopic (exact) mass is 242 g/mol. The van der Waals surface area contributed by atoms with Gasteiger partial charge in [0, 0.05) is 17.3 Å². The maximum atomic E-state index is 4.21. The zero-order chi connectivity index (χ0) is 12.2. The number of nitrogens with one attached hydrogen (secondary N) is 2. The SMILES string of the molecule is c1ccc2c(NCC3CCNCC3)nncc2c1. The Morgan fingerprint density at radius 3 is 2.94 bits per heavy atom. The number of hydrogen-bond donors (Lipinski definition) is 2. The Labute approximate surface area is 107 Å². The van der Waals surface area contributed by atoms with E-state index in [2.05, 4.69) is 33.0 Å². The van der Waals surface area contributed by atoms with Crippen LogP contribution in [0.15, 0.2) is 30.5 Å². The van der Waals surface area contributed by atoms with Crippen molar-refractivity contribution in [1.82, 2.24) is 15.5 Å². The van der Waals surface area contributed by atoms with Crippen LogP contribution in [0.1, 0.15) is 12.8 Å². The van der Waals surface area contributed by atoms with E-state index in [1.807, 2.05) is 18.3 Å². The van der Waals surface area contributed by atoms with Crippen LogP contribution in [0.2, 0.25) is 0 Å². The zero-order valence-corrected chi connectivity index (χ0v) is 10.4. The minimum absolute atomic E-state index is 0.743. The molecule has 2 heterocycles. The highest BCUT2D eigenvalue weighted by Gasteiger charge is 2.13. The van der Waals surface area contributed by atoms with Crippen molar-refractivity contribution in [3.63, 3.8) is 0 Å². The summed E-state index contributed by atoms with van der Waals surface area (Å²) in [5, 5.41) is 17.4. The van der Waals surface area contributed by atoms with E-state index >= 15 is 0 Å². The van der Waals surface area contributed by atoms with E-state index in [4.69, 9.17) is 0 Å². The second-order valence-electron chi connectivity index (χ2n) is 4.85. The molecule has 1 fully saturated rings. The van der Waals surface area contributed by atoms with E-state index in [9.17, 15) is 0 Å². The zero-order valence-electron chi connectivity index (χ0n) is 10.4. The number of nitrogens with zero attached hydrogens (tertiary/aromatic N) is 2. The summed E-state index contributed by atoms with van der Waals surface area (Å²) < 4.78 is 0. The normalized spacial score (nSPS) is 16.9. The smallest absolute Gasteiger partial charge is 0.156 e. The van der Waals surface area contributed by atoms with Gasteiger partial charge in [0.05, 0.1) is 6.20 Å². The largest absolute Gasteiger partial charge is 0.368 e. The molecular formula is C14H18N4. The van der Waals surface area contributed by atoms with Gasteiger partial charge in [-0.1, -0.05) is 24.3 Å². The van der Waals surface area contributed by atoms with Gasteiger partial charge in [-0.2, -0.15) is 5.10 Å². The molecule has 3 rings (SSSR count). The summed E-state index contributed by atoms with van der Waals surface area (Å²) in [6, 6.07) is 8.23. The summed E-state index contributed by atoms with van der Waals surface area (Å²) in [6.07, 6.45) is 4.29. The average Bonchev–Trinajstić information content (AvgIpc) is 2.46. The fourth-order valence-corrected chi connectivity index (χ4v) is 2.49. The molecule has 94 valence electrons. The average molecular weight is 242 g/mol. The second kappa shape index (κ2) is 5.31. The van der Waals surface area contributed by atoms with Gasteiger partial charge < -0.3 is 10.6 Å². The summed E-state index contributed by atoms with van der Waals surface area (Å²) in [5.41, 5.74) is 0. The molecule has 0 aliphatic carbocycles. The maximum Gasteiger partial charge on any atom is 0.156 e. The Morgan fingerprint density at radius 1 is 1.22 bits per heavy atom. The molecule has 1 aromatic carbocycles. The van der Waals surface area contributed by atoms with Crippen LogP contribution in [0.4, 0.5) is 5.82 Å². The molecule has 0 atom stereocenters. The number of fused-ring (bicyclic) bond motifs is 1. The lowest BCUT2D eigenvalue weighted by Crippen LogP contribution is -2.31. The summed E-state index contributed by atoms with van der Waals surface area (Å²) in [4.78, 5) is 0. The van der Waals surface area contributed by atoms with Gasteiger partial charge in [-0.25, -0.2) is 0 Å². The van der Waals surface area contributed by atoms with Crippen LogP contribution in [-0.4, -0.2) is 29.8 Å². The van der Waals surface area contributed by atoms with Crippen molar-refractivity contribution in [2.24, 2.45) is 5.92 Å². The Kier molecular flexibility index (Phi) is 3.37. The van der Waals surface area contributed by atoms with Crippen LogP contribution in [0.3, 0.4) is 0 Å². The van der Waals surface area contributed by atoms with Crippen LogP contribution in [0, 0.1) is 5.92 Å². The fourth-order valence-electron chi connectivity index (χ4n) is 2.49. The molecule has 0 saturated carbocycles. The van der Waals surface area contributed by atoms with Crippen molar-refractivity contribution in [2.75, 3.05) is 25.0 Å². The molecule has 1 aliphatic rings. The van der Waals surface area contributed by atoms with Gasteiger partial charge in [0.1, 0.15) is 0 Å². The van der Waals surface area contributed by atoms with Crippen molar-refractivity contribution in [2.45, 2.75) is 12.8 Å². The Balaban J connectivity index is 1.74. The van der Waals surface area contributed by atoms with E-state index in [-0.39, 0.29) is 0 Å². The molecule has 1 saturated heterocycles. The topological polar surface area (TPSA) is 49.8 Å². The van der Waals surface area contributed by atoms with E-state index < -0.39 is 0 Å². The van der Waals surface area contributed by atoms with Crippen molar-refractivity contribution in [3.8, 4) is 0 Å². The van der Waals surface area contributed by atoms with Crippen molar-refractivity contribution in [3.05, 3.63) is 30.5 Å². The standard InChI is InChI=1S/C14H18N4/c1-2-4-13-12(3-1)10-17-18-14(13)16-9-11-5-7-15-8-6-11/h1-4,10-11,15H,5-9H2,(H,16,18). The molecule has 1 aliphatic heterocycles. The first kappa shape index (κ1) is 11.4. The van der Waals surface area contributed by atoms with Gasteiger partial charge in [-0.05, 0) is 31.8 Å². The lowest BCUT2D eigenvalue weighted by Gasteiger charge is -2.23. The molecule has 0 spiro atoms. The third-order valence-electron chi connectivity index (χ3n) is 3.59. The molecule has 18 heavy (non-hydrogen) atoms. The fraction of sp³-hybridized carbons (Fsp3) is 0.429. The molecular weight excluding hydrogens is 224 g/mol. The Morgan fingerprint density at radius 2 is 2.06 bits per heavy atom.